The van der Waals surface area contributed by atoms with Crippen molar-refractivity contribution in [1.29, 1.82) is 0 Å². The predicted octanol–water partition coefficient (Wildman–Crippen LogP) is 1.63. The van der Waals surface area contributed by atoms with Gasteiger partial charge in [0.05, 0.1) is 23.9 Å². The van der Waals surface area contributed by atoms with Crippen molar-refractivity contribution in [2.24, 2.45) is 23.7 Å². The molecule has 5 nitrogen and oxygen atoms in total. The molecule has 0 aromatic carbocycles. The molecule has 2 aliphatic heterocycles. The summed E-state index contributed by atoms with van der Waals surface area (Å²) in [7, 11) is 0. The minimum Gasteiger partial charge on any atom is -0.390 e. The molecule has 3 aliphatic rings. The third kappa shape index (κ3) is 2.98. The molecule has 3 rings (SSSR count). The average molecular weight is 354 g/mol. The second-order valence-electron chi connectivity index (χ2n) is 9.31. The number of hydrogen-bond donors (Lipinski definition) is 4. The lowest BCUT2D eigenvalue weighted by molar-refractivity contribution is -0.180. The van der Waals surface area contributed by atoms with E-state index in [0.717, 1.165) is 18.4 Å². The van der Waals surface area contributed by atoms with Gasteiger partial charge in [-0.3, -0.25) is 0 Å². The fourth-order valence-corrected chi connectivity index (χ4v) is 5.46. The van der Waals surface area contributed by atoms with E-state index >= 15 is 0 Å². The van der Waals surface area contributed by atoms with Crippen molar-refractivity contribution in [3.63, 3.8) is 0 Å². The summed E-state index contributed by atoms with van der Waals surface area (Å²) in [5, 5.41) is 43.3. The summed E-state index contributed by atoms with van der Waals surface area (Å²) in [4.78, 5) is 0. The highest BCUT2D eigenvalue weighted by Crippen LogP contribution is 2.55. The van der Waals surface area contributed by atoms with Crippen LogP contribution in [0, 0.1) is 23.7 Å². The van der Waals surface area contributed by atoms with E-state index in [9.17, 15) is 20.4 Å². The van der Waals surface area contributed by atoms with Gasteiger partial charge in [-0.1, -0.05) is 26.0 Å². The SMILES string of the molecule is C=C1CC[C@H](C(C)C)[C@@H]2[C@H]1[C@H]1O[C@@H]2[C@](C)(O)CC[C@H](O)[C@@](C)(O)[C@H]1O. The van der Waals surface area contributed by atoms with E-state index in [2.05, 4.69) is 20.4 Å². The first-order valence-electron chi connectivity index (χ1n) is 9.62. The Hall–Kier alpha value is -0.460. The lowest BCUT2D eigenvalue weighted by Gasteiger charge is -2.45. The van der Waals surface area contributed by atoms with E-state index in [4.69, 9.17) is 4.74 Å². The smallest absolute Gasteiger partial charge is 0.116 e. The largest absolute Gasteiger partial charge is 0.390 e. The van der Waals surface area contributed by atoms with Crippen LogP contribution in [0.25, 0.3) is 0 Å². The Morgan fingerprint density at radius 1 is 1.16 bits per heavy atom. The number of ether oxygens (including phenoxy) is 1. The topological polar surface area (TPSA) is 90.2 Å². The Bertz CT molecular complexity index is 526. The lowest BCUT2D eigenvalue weighted by Crippen LogP contribution is -2.57. The van der Waals surface area contributed by atoms with Crippen LogP contribution in [0.1, 0.15) is 53.4 Å². The van der Waals surface area contributed by atoms with Gasteiger partial charge in [0.15, 0.2) is 0 Å². The quantitative estimate of drug-likeness (QED) is 0.537. The van der Waals surface area contributed by atoms with Crippen molar-refractivity contribution in [3.05, 3.63) is 12.2 Å². The molecule has 0 radical (unpaired) electrons. The predicted molar refractivity (Wildman–Crippen MR) is 94.8 cm³/mol. The van der Waals surface area contributed by atoms with E-state index in [-0.39, 0.29) is 18.3 Å². The van der Waals surface area contributed by atoms with Crippen molar-refractivity contribution in [3.8, 4) is 0 Å². The zero-order chi connectivity index (χ0) is 18.7. The molecule has 0 aromatic rings. The zero-order valence-electron chi connectivity index (χ0n) is 15.9. The summed E-state index contributed by atoms with van der Waals surface area (Å²) in [5.41, 5.74) is -1.78. The second-order valence-corrected chi connectivity index (χ2v) is 9.31. The molecule has 4 N–H and O–H groups in total. The van der Waals surface area contributed by atoms with Gasteiger partial charge in [0.25, 0.3) is 0 Å². The first-order chi connectivity index (χ1) is 11.5. The van der Waals surface area contributed by atoms with Gasteiger partial charge < -0.3 is 25.2 Å². The maximum absolute atomic E-state index is 11.2. The molecule has 0 spiro atoms. The van der Waals surface area contributed by atoms with Crippen LogP contribution >= 0.6 is 0 Å². The van der Waals surface area contributed by atoms with Gasteiger partial charge in [-0.25, -0.2) is 0 Å². The summed E-state index contributed by atoms with van der Waals surface area (Å²) in [6.07, 6.45) is -1.01. The molecule has 25 heavy (non-hydrogen) atoms. The molecule has 9 atom stereocenters. The normalized spacial score (nSPS) is 54.0. The number of fused-ring (bicyclic) bond motifs is 5. The molecule has 0 unspecified atom stereocenters. The van der Waals surface area contributed by atoms with Crippen LogP contribution in [0.5, 0.6) is 0 Å². The Kier molecular flexibility index (Phi) is 4.87. The fourth-order valence-electron chi connectivity index (χ4n) is 5.46. The standard InChI is InChI=1S/C20H34O5/c1-10(2)12-7-6-11(3)14-15(12)18-19(4,23)9-8-13(21)20(5,24)17(22)16(14)25-18/h10,12-18,21-24H,3,6-9H2,1-2,4-5H3/t12-,13+,14+,15-,16-,17+,18+,19-,20-/m1/s1. The highest BCUT2D eigenvalue weighted by molar-refractivity contribution is 5.20. The molecule has 5 heteroatoms. The van der Waals surface area contributed by atoms with Crippen molar-refractivity contribution in [2.75, 3.05) is 0 Å². The van der Waals surface area contributed by atoms with Crippen molar-refractivity contribution in [2.45, 2.75) is 89.0 Å². The molecule has 2 saturated heterocycles. The molecular formula is C20H34O5. The van der Waals surface area contributed by atoms with Gasteiger partial charge in [0.2, 0.25) is 0 Å². The molecular weight excluding hydrogens is 320 g/mol. The van der Waals surface area contributed by atoms with Gasteiger partial charge in [-0.15, -0.1) is 0 Å². The maximum atomic E-state index is 11.2. The third-order valence-corrected chi connectivity index (χ3v) is 7.16. The molecule has 0 aromatic heterocycles. The van der Waals surface area contributed by atoms with E-state index < -0.39 is 35.6 Å². The minimum atomic E-state index is -1.68. The Labute approximate surface area is 150 Å². The van der Waals surface area contributed by atoms with Crippen LogP contribution in [-0.2, 0) is 4.74 Å². The molecule has 2 heterocycles. The van der Waals surface area contributed by atoms with E-state index in [1.54, 1.807) is 6.92 Å². The van der Waals surface area contributed by atoms with E-state index in [1.165, 1.54) is 6.92 Å². The number of aliphatic hydroxyl groups is 4. The first kappa shape index (κ1) is 19.3. The molecule has 3 fully saturated rings. The summed E-state index contributed by atoms with van der Waals surface area (Å²) >= 11 is 0. The number of aliphatic hydroxyl groups excluding tert-OH is 2. The van der Waals surface area contributed by atoms with Crippen LogP contribution in [0.3, 0.4) is 0 Å². The molecule has 2 bridgehead atoms. The van der Waals surface area contributed by atoms with Crippen molar-refractivity contribution in [1.82, 2.24) is 0 Å². The summed E-state index contributed by atoms with van der Waals surface area (Å²) < 4.78 is 6.26. The van der Waals surface area contributed by atoms with Gasteiger partial charge in [0.1, 0.15) is 11.7 Å². The van der Waals surface area contributed by atoms with E-state index in [1.807, 2.05) is 0 Å². The zero-order valence-corrected chi connectivity index (χ0v) is 15.9. The fraction of sp³-hybridized carbons (Fsp3) is 0.900. The molecule has 1 saturated carbocycles. The summed E-state index contributed by atoms with van der Waals surface area (Å²) in [5.74, 6) is 0.775. The van der Waals surface area contributed by atoms with Crippen LogP contribution < -0.4 is 0 Å². The molecule has 144 valence electrons. The highest BCUT2D eigenvalue weighted by Gasteiger charge is 2.61. The maximum Gasteiger partial charge on any atom is 0.116 e. The lowest BCUT2D eigenvalue weighted by atomic mass is 9.60. The number of hydrogen-bond acceptors (Lipinski definition) is 5. The Morgan fingerprint density at radius 2 is 1.80 bits per heavy atom. The van der Waals surface area contributed by atoms with Gasteiger partial charge >= 0.3 is 0 Å². The molecule has 0 amide bonds. The summed E-state index contributed by atoms with van der Waals surface area (Å²) in [6, 6.07) is 0. The third-order valence-electron chi connectivity index (χ3n) is 7.16. The highest BCUT2D eigenvalue weighted by atomic mass is 16.5. The molecule has 1 aliphatic carbocycles. The first-order valence-corrected chi connectivity index (χ1v) is 9.62. The monoisotopic (exact) mass is 354 g/mol. The van der Waals surface area contributed by atoms with Crippen LogP contribution in [-0.4, -0.2) is 56.0 Å². The van der Waals surface area contributed by atoms with Crippen LogP contribution in [0.2, 0.25) is 0 Å². The Morgan fingerprint density at radius 3 is 2.40 bits per heavy atom. The van der Waals surface area contributed by atoms with Gasteiger partial charge in [0, 0.05) is 11.8 Å². The second kappa shape index (κ2) is 6.31. The van der Waals surface area contributed by atoms with Crippen LogP contribution in [0.4, 0.5) is 0 Å². The number of rotatable bonds is 1. The van der Waals surface area contributed by atoms with E-state index in [0.29, 0.717) is 18.3 Å². The van der Waals surface area contributed by atoms with Gasteiger partial charge in [-0.2, -0.15) is 0 Å². The average Bonchev–Trinajstić information content (AvgIpc) is 2.93. The minimum absolute atomic E-state index is 0.0712. The van der Waals surface area contributed by atoms with Gasteiger partial charge in [-0.05, 0) is 51.4 Å². The van der Waals surface area contributed by atoms with Crippen LogP contribution in [0.15, 0.2) is 12.2 Å². The van der Waals surface area contributed by atoms with Crippen molar-refractivity contribution >= 4 is 0 Å². The van der Waals surface area contributed by atoms with Crippen molar-refractivity contribution < 1.29 is 25.2 Å². The summed E-state index contributed by atoms with van der Waals surface area (Å²) in [6.45, 7) is 11.8. The Balaban J connectivity index is 2.08.